The molecule has 13 rings (SSSR count). The lowest BCUT2D eigenvalue weighted by Gasteiger charge is -2.40. The minimum Gasteiger partial charge on any atom is -0.228 e. The second kappa shape index (κ2) is 14.6. The average Bonchev–Trinajstić information content (AvgIpc) is 3.66. The Morgan fingerprint density at radius 2 is 0.875 bits per heavy atom. The Morgan fingerprint density at radius 1 is 0.328 bits per heavy atom. The highest BCUT2D eigenvalue weighted by molar-refractivity contribution is 7.99. The van der Waals surface area contributed by atoms with Gasteiger partial charge in [-0.1, -0.05) is 224 Å². The SMILES string of the molecule is c1ccc(-c2nc(-c3ccc(-c4cccc5ccccc45)cc3)cc(-c3cccc4c3-c3ccccc3C43c4cc5ccccc5cc4Sc4c(-c5ccccc5)cccc43)n2)cc1. The molecule has 2 heterocycles. The van der Waals surface area contributed by atoms with Gasteiger partial charge in [0.15, 0.2) is 5.82 Å². The van der Waals surface area contributed by atoms with Gasteiger partial charge in [0, 0.05) is 26.5 Å². The third-order valence-electron chi connectivity index (χ3n) is 13.4. The molecule has 0 saturated heterocycles. The van der Waals surface area contributed by atoms with Gasteiger partial charge in [0.2, 0.25) is 0 Å². The van der Waals surface area contributed by atoms with E-state index in [1.807, 2.05) is 17.8 Å². The summed E-state index contributed by atoms with van der Waals surface area (Å²) in [6.07, 6.45) is 0. The van der Waals surface area contributed by atoms with Crippen LogP contribution in [0.4, 0.5) is 0 Å². The van der Waals surface area contributed by atoms with E-state index < -0.39 is 5.41 Å². The van der Waals surface area contributed by atoms with Crippen molar-refractivity contribution in [2.24, 2.45) is 0 Å². The summed E-state index contributed by atoms with van der Waals surface area (Å²) in [6.45, 7) is 0. The molecular weight excluding hydrogens is 793 g/mol. The normalized spacial score (nSPS) is 14.6. The van der Waals surface area contributed by atoms with E-state index in [1.165, 1.54) is 87.0 Å². The summed E-state index contributed by atoms with van der Waals surface area (Å²) in [5.74, 6) is 0.702. The van der Waals surface area contributed by atoms with Crippen molar-refractivity contribution in [3.8, 4) is 67.3 Å². The molecule has 1 spiro atoms. The molecule has 3 heteroatoms. The van der Waals surface area contributed by atoms with Crippen LogP contribution in [0.2, 0.25) is 0 Å². The molecule has 0 saturated carbocycles. The molecule has 0 amide bonds. The lowest BCUT2D eigenvalue weighted by atomic mass is 9.66. The van der Waals surface area contributed by atoms with E-state index in [2.05, 4.69) is 224 Å². The van der Waals surface area contributed by atoms with Crippen LogP contribution in [0.15, 0.2) is 240 Å². The number of hydrogen-bond donors (Lipinski definition) is 0. The lowest BCUT2D eigenvalue weighted by Crippen LogP contribution is -2.32. The maximum atomic E-state index is 5.45. The zero-order valence-corrected chi connectivity index (χ0v) is 35.6. The average molecular weight is 831 g/mol. The van der Waals surface area contributed by atoms with Gasteiger partial charge in [0.05, 0.1) is 16.8 Å². The molecule has 64 heavy (non-hydrogen) atoms. The van der Waals surface area contributed by atoms with Crippen LogP contribution in [0.3, 0.4) is 0 Å². The summed E-state index contributed by atoms with van der Waals surface area (Å²) < 4.78 is 0. The zero-order chi connectivity index (χ0) is 42.2. The third kappa shape index (κ3) is 5.61. The first kappa shape index (κ1) is 36.8. The summed E-state index contributed by atoms with van der Waals surface area (Å²) in [5.41, 5.74) is 16.8. The van der Waals surface area contributed by atoms with Crippen molar-refractivity contribution in [2.45, 2.75) is 15.2 Å². The van der Waals surface area contributed by atoms with Gasteiger partial charge >= 0.3 is 0 Å². The van der Waals surface area contributed by atoms with Crippen LogP contribution in [0.5, 0.6) is 0 Å². The van der Waals surface area contributed by atoms with Crippen LogP contribution in [-0.4, -0.2) is 9.97 Å². The van der Waals surface area contributed by atoms with Crippen LogP contribution in [0.1, 0.15) is 22.3 Å². The fourth-order valence-corrected chi connectivity index (χ4v) is 11.9. The Kier molecular flexibility index (Phi) is 8.40. The molecule has 0 radical (unpaired) electrons. The molecule has 1 unspecified atom stereocenters. The molecule has 1 atom stereocenters. The van der Waals surface area contributed by atoms with E-state index in [0.717, 1.165) is 28.1 Å². The Labute approximate surface area is 376 Å². The summed E-state index contributed by atoms with van der Waals surface area (Å²) in [4.78, 5) is 13.3. The quantitative estimate of drug-likeness (QED) is 0.173. The van der Waals surface area contributed by atoms with Crippen molar-refractivity contribution in [1.29, 1.82) is 0 Å². The summed E-state index contributed by atoms with van der Waals surface area (Å²) >= 11 is 1.91. The van der Waals surface area contributed by atoms with E-state index in [9.17, 15) is 0 Å². The van der Waals surface area contributed by atoms with Gasteiger partial charge in [-0.05, 0) is 95.4 Å². The molecule has 2 nitrogen and oxygen atoms in total. The Morgan fingerprint density at radius 3 is 1.69 bits per heavy atom. The van der Waals surface area contributed by atoms with E-state index >= 15 is 0 Å². The predicted octanol–water partition coefficient (Wildman–Crippen LogP) is 15.9. The van der Waals surface area contributed by atoms with Crippen LogP contribution in [-0.2, 0) is 5.41 Å². The Hall–Kier alpha value is -7.85. The standard InChI is InChI=1S/C61H38N2S/c1-3-16-40(17-4-1)48-27-14-31-53-59(48)64-57-37-45-22-8-7-21-44(45)36-54(57)61(53)51-29-12-11-25-49(51)58-50(28-15-30-52(58)61)56-38-55(62-60(63-56)43-19-5-2-6-20-43)42-34-32-41(33-35-42)47-26-13-23-39-18-9-10-24-46(39)47/h1-38H. The summed E-state index contributed by atoms with van der Waals surface area (Å²) in [5, 5.41) is 4.97. The fraction of sp³-hybridized carbons (Fsp3) is 0.0164. The van der Waals surface area contributed by atoms with Crippen molar-refractivity contribution in [3.63, 3.8) is 0 Å². The van der Waals surface area contributed by atoms with Gasteiger partial charge in [-0.3, -0.25) is 0 Å². The highest BCUT2D eigenvalue weighted by atomic mass is 32.2. The lowest BCUT2D eigenvalue weighted by molar-refractivity contribution is 0.725. The molecule has 11 aromatic rings. The number of fused-ring (bicyclic) bond motifs is 11. The minimum atomic E-state index is -0.581. The fourth-order valence-electron chi connectivity index (χ4n) is 10.5. The van der Waals surface area contributed by atoms with Crippen LogP contribution in [0.25, 0.3) is 88.8 Å². The van der Waals surface area contributed by atoms with E-state index in [-0.39, 0.29) is 0 Å². The molecule has 0 bridgehead atoms. The molecule has 2 aliphatic rings. The first-order chi connectivity index (χ1) is 31.7. The maximum Gasteiger partial charge on any atom is 0.160 e. The van der Waals surface area contributed by atoms with Crippen LogP contribution >= 0.6 is 11.8 Å². The van der Waals surface area contributed by atoms with E-state index in [1.54, 1.807) is 0 Å². The van der Waals surface area contributed by atoms with Gasteiger partial charge in [0.25, 0.3) is 0 Å². The second-order valence-electron chi connectivity index (χ2n) is 16.8. The Bertz CT molecular complexity index is 3630. The predicted molar refractivity (Wildman–Crippen MR) is 266 cm³/mol. The largest absolute Gasteiger partial charge is 0.228 e. The summed E-state index contributed by atoms with van der Waals surface area (Å²) in [6, 6.07) is 84.0. The van der Waals surface area contributed by atoms with Crippen molar-refractivity contribution in [1.82, 2.24) is 9.97 Å². The van der Waals surface area contributed by atoms with Crippen molar-refractivity contribution in [3.05, 3.63) is 253 Å². The molecule has 1 aliphatic heterocycles. The van der Waals surface area contributed by atoms with Gasteiger partial charge in [0.1, 0.15) is 0 Å². The molecular formula is C61H38N2S. The molecule has 10 aromatic carbocycles. The molecule has 1 aromatic heterocycles. The third-order valence-corrected chi connectivity index (χ3v) is 14.6. The van der Waals surface area contributed by atoms with Gasteiger partial charge in [-0.2, -0.15) is 0 Å². The Balaban J connectivity index is 1.05. The van der Waals surface area contributed by atoms with Crippen LogP contribution < -0.4 is 0 Å². The highest BCUT2D eigenvalue weighted by Gasteiger charge is 2.51. The number of nitrogens with zero attached hydrogens (tertiary/aromatic N) is 2. The second-order valence-corrected chi connectivity index (χ2v) is 17.9. The minimum absolute atomic E-state index is 0.581. The number of benzene rings is 10. The first-order valence-corrected chi connectivity index (χ1v) is 22.7. The number of aromatic nitrogens is 2. The number of rotatable bonds is 5. The van der Waals surface area contributed by atoms with E-state index in [4.69, 9.17) is 9.97 Å². The monoisotopic (exact) mass is 830 g/mol. The zero-order valence-electron chi connectivity index (χ0n) is 34.7. The first-order valence-electron chi connectivity index (χ1n) is 21.9. The highest BCUT2D eigenvalue weighted by Crippen LogP contribution is 2.64. The summed E-state index contributed by atoms with van der Waals surface area (Å²) in [7, 11) is 0. The smallest absolute Gasteiger partial charge is 0.160 e. The van der Waals surface area contributed by atoms with Gasteiger partial charge in [-0.25, -0.2) is 9.97 Å². The molecule has 298 valence electrons. The van der Waals surface area contributed by atoms with E-state index in [0.29, 0.717) is 5.82 Å². The van der Waals surface area contributed by atoms with Crippen LogP contribution in [0, 0.1) is 0 Å². The topological polar surface area (TPSA) is 25.8 Å². The maximum absolute atomic E-state index is 5.45. The van der Waals surface area contributed by atoms with Crippen molar-refractivity contribution in [2.75, 3.05) is 0 Å². The molecule has 1 aliphatic carbocycles. The van der Waals surface area contributed by atoms with Gasteiger partial charge < -0.3 is 0 Å². The van der Waals surface area contributed by atoms with Crippen molar-refractivity contribution >= 4 is 33.3 Å². The molecule has 0 fully saturated rings. The number of hydrogen-bond acceptors (Lipinski definition) is 3. The van der Waals surface area contributed by atoms with Gasteiger partial charge in [-0.15, -0.1) is 0 Å². The van der Waals surface area contributed by atoms with Crippen molar-refractivity contribution < 1.29 is 0 Å². The molecule has 0 N–H and O–H groups in total.